The zero-order valence-electron chi connectivity index (χ0n) is 18.3. The summed E-state index contributed by atoms with van der Waals surface area (Å²) in [5.41, 5.74) is 1.90. The molecular formula is C23H31N5O3S. The molecule has 1 aromatic carbocycles. The molecule has 8 nitrogen and oxygen atoms in total. The van der Waals surface area contributed by atoms with Crippen LogP contribution in [0, 0.1) is 5.92 Å². The summed E-state index contributed by atoms with van der Waals surface area (Å²) in [7, 11) is 0. The molecule has 8 rings (SSSR count). The molecule has 6 fully saturated rings. The molecule has 0 spiro atoms. The van der Waals surface area contributed by atoms with Crippen molar-refractivity contribution < 1.29 is 14.7 Å². The van der Waals surface area contributed by atoms with Crippen LogP contribution in [0.3, 0.4) is 0 Å². The van der Waals surface area contributed by atoms with Crippen LogP contribution in [0.2, 0.25) is 0 Å². The minimum absolute atomic E-state index is 0.00366. The lowest BCUT2D eigenvalue weighted by Crippen LogP contribution is -2.57. The predicted octanol–water partition coefficient (Wildman–Crippen LogP) is 2.11. The third-order valence-electron chi connectivity index (χ3n) is 7.63. The lowest BCUT2D eigenvalue weighted by atomic mass is 9.84. The fourth-order valence-electron chi connectivity index (χ4n) is 5.86. The van der Waals surface area contributed by atoms with Crippen molar-refractivity contribution in [2.75, 3.05) is 50.7 Å². The number of nitrogens with zero attached hydrogens (tertiary/aromatic N) is 4. The maximum atomic E-state index is 13.0. The number of piperidine rings is 4. The molecule has 6 saturated heterocycles. The molecule has 0 saturated carbocycles. The number of carboxylic acid groups (broad SMARTS) is 1. The van der Waals surface area contributed by atoms with Gasteiger partial charge >= 0.3 is 0 Å². The molecule has 6 aliphatic heterocycles. The van der Waals surface area contributed by atoms with Crippen LogP contribution in [-0.2, 0) is 4.79 Å². The van der Waals surface area contributed by atoms with Gasteiger partial charge < -0.3 is 25.1 Å². The number of fused-ring (bicyclic) bond motifs is 8. The Hall–Kier alpha value is -2.23. The minimum atomic E-state index is -0.250. The van der Waals surface area contributed by atoms with Gasteiger partial charge in [-0.25, -0.2) is 0 Å². The van der Waals surface area contributed by atoms with E-state index in [1.165, 1.54) is 69.1 Å². The van der Waals surface area contributed by atoms with Crippen molar-refractivity contribution in [1.29, 1.82) is 0 Å². The first kappa shape index (κ1) is 21.6. The van der Waals surface area contributed by atoms with E-state index in [0.717, 1.165) is 29.7 Å². The van der Waals surface area contributed by atoms with E-state index in [0.29, 0.717) is 17.7 Å². The highest BCUT2D eigenvalue weighted by molar-refractivity contribution is 7.13. The quantitative estimate of drug-likeness (QED) is 0.683. The number of hydrogen-bond donors (Lipinski definition) is 2. The molecule has 9 heteroatoms. The normalized spacial score (nSPS) is 31.0. The Morgan fingerprint density at radius 1 is 1.06 bits per heavy atom. The summed E-state index contributed by atoms with van der Waals surface area (Å²) in [6.45, 7) is 7.84. The summed E-state index contributed by atoms with van der Waals surface area (Å²) in [5.74, 6) is 0.637. The second-order valence-corrected chi connectivity index (χ2v) is 10.1. The number of hydrogen-bond acceptors (Lipinski definition) is 7. The molecule has 172 valence electrons. The van der Waals surface area contributed by atoms with Crippen molar-refractivity contribution >= 4 is 39.7 Å². The van der Waals surface area contributed by atoms with Gasteiger partial charge in [-0.3, -0.25) is 9.59 Å². The smallest absolute Gasteiger partial charge is 0.290 e. The van der Waals surface area contributed by atoms with Gasteiger partial charge in [0.15, 0.2) is 0 Å². The second kappa shape index (κ2) is 9.33. The lowest BCUT2D eigenvalue weighted by molar-refractivity contribution is -0.122. The monoisotopic (exact) mass is 457 g/mol. The molecule has 1 aromatic heterocycles. The van der Waals surface area contributed by atoms with Gasteiger partial charge in [-0.2, -0.15) is 4.37 Å². The van der Waals surface area contributed by atoms with Crippen LogP contribution in [0.1, 0.15) is 36.2 Å². The minimum Gasteiger partial charge on any atom is -0.483 e. The van der Waals surface area contributed by atoms with E-state index >= 15 is 0 Å². The van der Waals surface area contributed by atoms with Crippen LogP contribution in [0.15, 0.2) is 18.2 Å². The first-order chi connectivity index (χ1) is 15.7. The molecule has 0 unspecified atom stereocenters. The van der Waals surface area contributed by atoms with E-state index in [9.17, 15) is 4.79 Å². The van der Waals surface area contributed by atoms with Crippen molar-refractivity contribution in [3.8, 4) is 0 Å². The van der Waals surface area contributed by atoms with E-state index in [1.807, 2.05) is 0 Å². The fourth-order valence-corrected chi connectivity index (χ4v) is 6.67. The molecule has 0 aliphatic carbocycles. The van der Waals surface area contributed by atoms with Gasteiger partial charge in [0.1, 0.15) is 5.69 Å². The molecular weight excluding hydrogens is 426 g/mol. The summed E-state index contributed by atoms with van der Waals surface area (Å²) >= 11 is 1.46. The fraction of sp³-hybridized carbons (Fsp3) is 0.609. The Labute approximate surface area is 192 Å². The standard InChI is InChI=1S/C22H29N5OS.CH2O2/c28-22(23-19-14-26-7-3-15(19)4-8-26)21-18-2-1-17(13-20(18)29-24-21)27-12-11-25-9-5-16(27)6-10-25;2-1-3/h1-2,13,15-16,19H,3-12,14H2,(H,23,28);1H,(H,2,3)/t19-;/m1./s1. The van der Waals surface area contributed by atoms with Crippen LogP contribution in [0.4, 0.5) is 5.69 Å². The molecule has 7 heterocycles. The van der Waals surface area contributed by atoms with Gasteiger partial charge in [-0.15, -0.1) is 0 Å². The molecule has 2 N–H and O–H groups in total. The molecule has 0 radical (unpaired) electrons. The summed E-state index contributed by atoms with van der Waals surface area (Å²) < 4.78 is 5.69. The zero-order chi connectivity index (χ0) is 22.1. The Bertz CT molecular complexity index is 966. The Kier molecular flexibility index (Phi) is 6.30. The summed E-state index contributed by atoms with van der Waals surface area (Å²) in [6.07, 6.45) is 4.93. The number of benzene rings is 1. The Balaban J connectivity index is 0.000000684. The van der Waals surface area contributed by atoms with E-state index in [2.05, 4.69) is 42.6 Å². The Morgan fingerprint density at radius 3 is 2.47 bits per heavy atom. The van der Waals surface area contributed by atoms with Gasteiger partial charge in [0.25, 0.3) is 12.4 Å². The number of nitrogens with one attached hydrogen (secondary N) is 1. The van der Waals surface area contributed by atoms with E-state index in [-0.39, 0.29) is 18.4 Å². The van der Waals surface area contributed by atoms with E-state index < -0.39 is 0 Å². The molecule has 4 bridgehead atoms. The highest BCUT2D eigenvalue weighted by Gasteiger charge is 2.35. The van der Waals surface area contributed by atoms with E-state index in [4.69, 9.17) is 9.90 Å². The zero-order valence-corrected chi connectivity index (χ0v) is 19.1. The van der Waals surface area contributed by atoms with Crippen LogP contribution >= 0.6 is 11.5 Å². The third-order valence-corrected chi connectivity index (χ3v) is 8.44. The van der Waals surface area contributed by atoms with Gasteiger partial charge in [0, 0.05) is 55.9 Å². The highest BCUT2D eigenvalue weighted by Crippen LogP contribution is 2.33. The van der Waals surface area contributed by atoms with Crippen LogP contribution in [0.25, 0.3) is 10.1 Å². The molecule has 6 aliphatic rings. The van der Waals surface area contributed by atoms with Crippen molar-refractivity contribution in [1.82, 2.24) is 19.5 Å². The van der Waals surface area contributed by atoms with Gasteiger partial charge in [-0.1, -0.05) is 0 Å². The lowest BCUT2D eigenvalue weighted by Gasteiger charge is -2.44. The van der Waals surface area contributed by atoms with Crippen molar-refractivity contribution in [3.05, 3.63) is 23.9 Å². The van der Waals surface area contributed by atoms with Crippen molar-refractivity contribution in [3.63, 3.8) is 0 Å². The van der Waals surface area contributed by atoms with Gasteiger partial charge in [0.05, 0.1) is 4.70 Å². The number of carbonyl (C=O) groups excluding carboxylic acids is 1. The Morgan fingerprint density at radius 2 is 1.78 bits per heavy atom. The molecule has 32 heavy (non-hydrogen) atoms. The first-order valence-corrected chi connectivity index (χ1v) is 12.4. The number of anilines is 1. The topological polar surface area (TPSA) is 89.0 Å². The maximum Gasteiger partial charge on any atom is 0.290 e. The first-order valence-electron chi connectivity index (χ1n) is 11.7. The summed E-state index contributed by atoms with van der Waals surface area (Å²) in [5, 5.41) is 11.2. The molecule has 1 amide bonds. The van der Waals surface area contributed by atoms with E-state index in [1.54, 1.807) is 0 Å². The van der Waals surface area contributed by atoms with Gasteiger partial charge in [0.2, 0.25) is 0 Å². The number of rotatable bonds is 3. The third kappa shape index (κ3) is 4.21. The van der Waals surface area contributed by atoms with Crippen molar-refractivity contribution in [2.45, 2.75) is 37.8 Å². The molecule has 2 aromatic rings. The highest BCUT2D eigenvalue weighted by atomic mass is 32.1. The predicted molar refractivity (Wildman–Crippen MR) is 126 cm³/mol. The van der Waals surface area contributed by atoms with Crippen molar-refractivity contribution in [2.24, 2.45) is 5.92 Å². The SMILES string of the molecule is O=C(N[C@@H]1CN2CCC1CC2)c1nsc2cc(N3CCN4CCC3CC4)ccc12.O=CO. The number of carbonyl (C=O) groups is 2. The van der Waals surface area contributed by atoms with Gasteiger partial charge in [-0.05, 0) is 74.4 Å². The molecule has 1 atom stereocenters. The summed E-state index contributed by atoms with van der Waals surface area (Å²) in [6, 6.07) is 7.51. The van der Waals surface area contributed by atoms with Crippen LogP contribution < -0.4 is 10.2 Å². The summed E-state index contributed by atoms with van der Waals surface area (Å²) in [4.78, 5) is 29.0. The van der Waals surface area contributed by atoms with Crippen LogP contribution in [-0.4, -0.2) is 89.6 Å². The second-order valence-electron chi connectivity index (χ2n) is 9.30. The maximum absolute atomic E-state index is 13.0. The largest absolute Gasteiger partial charge is 0.483 e. The number of amides is 1. The van der Waals surface area contributed by atoms with Crippen LogP contribution in [0.5, 0.6) is 0 Å². The average molecular weight is 458 g/mol. The average Bonchev–Trinajstić information content (AvgIpc) is 3.01. The number of aromatic nitrogens is 1.